The van der Waals surface area contributed by atoms with E-state index in [0.717, 1.165) is 0 Å². The van der Waals surface area contributed by atoms with Gasteiger partial charge >= 0.3 is 0 Å². The number of hydrazine groups is 1. The third-order valence-corrected chi connectivity index (χ3v) is 0.900. The Morgan fingerprint density at radius 2 is 2.71 bits per heavy atom. The minimum absolute atomic E-state index is 0.153. The van der Waals surface area contributed by atoms with Gasteiger partial charge in [0, 0.05) is 0 Å². The minimum atomic E-state index is 0.153. The number of hydrazone groups is 1. The summed E-state index contributed by atoms with van der Waals surface area (Å²) in [5.74, 6) is 5.30. The van der Waals surface area contributed by atoms with Gasteiger partial charge in [-0.2, -0.15) is 5.10 Å². The molecule has 0 saturated heterocycles. The average Bonchev–Trinajstić information content (AvgIpc) is 1.91. The zero-order chi connectivity index (χ0) is 5.28. The maximum atomic E-state index is 5.30. The van der Waals surface area contributed by atoms with Gasteiger partial charge in [0.1, 0.15) is 12.5 Å². The molecule has 1 aliphatic heterocycles. The Morgan fingerprint density at radius 3 is 2.86 bits per heavy atom. The highest BCUT2D eigenvalue weighted by atomic mass is 15.6. The predicted molar refractivity (Wildman–Crippen MR) is 27.1 cm³/mol. The maximum Gasteiger partial charge on any atom is 0.128 e. The molecule has 0 spiro atoms. The molecular formula is C3H8N4. The molecule has 0 fully saturated rings. The number of rotatable bonds is 0. The lowest BCUT2D eigenvalue weighted by molar-refractivity contribution is 0.338. The van der Waals surface area contributed by atoms with Gasteiger partial charge in [0.05, 0.1) is 0 Å². The third kappa shape index (κ3) is 0.640. The Kier molecular flexibility index (Phi) is 0.867. The van der Waals surface area contributed by atoms with E-state index in [9.17, 15) is 0 Å². The molecule has 0 aromatic heterocycles. The van der Waals surface area contributed by atoms with Crippen molar-refractivity contribution >= 4 is 6.34 Å². The monoisotopic (exact) mass is 100 g/mol. The number of nitrogens with zero attached hydrogens (tertiary/aromatic N) is 2. The summed E-state index contributed by atoms with van der Waals surface area (Å²) in [5, 5.41) is 5.17. The molecule has 0 amide bonds. The van der Waals surface area contributed by atoms with Crippen LogP contribution in [0.5, 0.6) is 0 Å². The van der Waals surface area contributed by atoms with E-state index in [1.54, 1.807) is 6.34 Å². The van der Waals surface area contributed by atoms with Crippen molar-refractivity contribution in [3.05, 3.63) is 0 Å². The Labute approximate surface area is 41.9 Å². The molecular weight excluding hydrogens is 92.1 g/mol. The van der Waals surface area contributed by atoms with Crippen LogP contribution >= 0.6 is 0 Å². The summed E-state index contributed by atoms with van der Waals surface area (Å²) in [6.45, 7) is 1.92. The van der Waals surface area contributed by atoms with Crippen LogP contribution in [-0.2, 0) is 0 Å². The number of nitrogens with one attached hydrogen (secondary N) is 1. The summed E-state index contributed by atoms with van der Waals surface area (Å²) in [4.78, 5) is 0. The molecule has 0 aromatic carbocycles. The minimum Gasteiger partial charge on any atom is -0.285 e. The first-order chi connectivity index (χ1) is 3.30. The molecule has 1 atom stereocenters. The van der Waals surface area contributed by atoms with Crippen molar-refractivity contribution < 1.29 is 0 Å². The van der Waals surface area contributed by atoms with E-state index in [0.29, 0.717) is 0 Å². The summed E-state index contributed by atoms with van der Waals surface area (Å²) in [5.41, 5.74) is 2.74. The van der Waals surface area contributed by atoms with Crippen LogP contribution < -0.4 is 11.3 Å². The van der Waals surface area contributed by atoms with Crippen molar-refractivity contribution in [2.45, 2.75) is 13.1 Å². The summed E-state index contributed by atoms with van der Waals surface area (Å²) in [7, 11) is 0. The normalized spacial score (nSPS) is 28.3. The van der Waals surface area contributed by atoms with Crippen LogP contribution in [0.4, 0.5) is 0 Å². The first kappa shape index (κ1) is 4.39. The van der Waals surface area contributed by atoms with Crippen LogP contribution in [0.1, 0.15) is 6.92 Å². The highest BCUT2D eigenvalue weighted by Gasteiger charge is 2.07. The molecule has 40 valence electrons. The fourth-order valence-electron chi connectivity index (χ4n) is 0.375. The van der Waals surface area contributed by atoms with Gasteiger partial charge in [-0.1, -0.05) is 0 Å². The zero-order valence-corrected chi connectivity index (χ0v) is 4.13. The summed E-state index contributed by atoms with van der Waals surface area (Å²) >= 11 is 0. The Bertz CT molecular complexity index is 88.9. The van der Waals surface area contributed by atoms with Crippen LogP contribution in [0.25, 0.3) is 0 Å². The van der Waals surface area contributed by atoms with Gasteiger partial charge in [-0.25, -0.2) is 5.84 Å². The lowest BCUT2D eigenvalue weighted by Gasteiger charge is -2.11. The number of nitrogens with two attached hydrogens (primary N) is 1. The van der Waals surface area contributed by atoms with Gasteiger partial charge in [0.15, 0.2) is 0 Å². The standard InChI is InChI=1S/C3H8N4/c1-3-6-5-2-7(3)4/h2-3,6H,4H2,1H3. The lowest BCUT2D eigenvalue weighted by Crippen LogP contribution is -2.38. The molecule has 0 aliphatic carbocycles. The molecule has 0 aromatic rings. The second-order valence-corrected chi connectivity index (χ2v) is 1.50. The zero-order valence-electron chi connectivity index (χ0n) is 4.13. The van der Waals surface area contributed by atoms with Crippen LogP contribution in [0.15, 0.2) is 5.10 Å². The Balaban J connectivity index is 2.45. The SMILES string of the molecule is CC1NN=CN1N. The summed E-state index contributed by atoms with van der Waals surface area (Å²) < 4.78 is 0. The third-order valence-electron chi connectivity index (χ3n) is 0.900. The molecule has 1 aliphatic rings. The molecule has 1 heterocycles. The molecule has 7 heavy (non-hydrogen) atoms. The van der Waals surface area contributed by atoms with Gasteiger partial charge in [0.25, 0.3) is 0 Å². The molecule has 1 rings (SSSR count). The lowest BCUT2D eigenvalue weighted by atomic mass is 10.6. The van der Waals surface area contributed by atoms with Crippen molar-refractivity contribution in [2.24, 2.45) is 10.9 Å². The second kappa shape index (κ2) is 1.38. The Hall–Kier alpha value is -0.770. The molecule has 0 bridgehead atoms. The van der Waals surface area contributed by atoms with Gasteiger partial charge < -0.3 is 0 Å². The van der Waals surface area contributed by atoms with Gasteiger partial charge in [-0.05, 0) is 6.92 Å². The van der Waals surface area contributed by atoms with Gasteiger partial charge in [-0.15, -0.1) is 0 Å². The van der Waals surface area contributed by atoms with Crippen LogP contribution in [-0.4, -0.2) is 17.5 Å². The van der Waals surface area contributed by atoms with E-state index in [4.69, 9.17) is 5.84 Å². The smallest absolute Gasteiger partial charge is 0.128 e. The highest BCUT2D eigenvalue weighted by molar-refractivity contribution is 5.55. The van der Waals surface area contributed by atoms with E-state index < -0.39 is 0 Å². The number of hydrogen-bond acceptors (Lipinski definition) is 4. The quantitative estimate of drug-likeness (QED) is 0.386. The van der Waals surface area contributed by atoms with Gasteiger partial charge in [-0.3, -0.25) is 10.4 Å². The predicted octanol–water partition coefficient (Wildman–Crippen LogP) is -0.945. The van der Waals surface area contributed by atoms with E-state index >= 15 is 0 Å². The highest BCUT2D eigenvalue weighted by Crippen LogP contribution is 1.88. The van der Waals surface area contributed by atoms with Crippen molar-refractivity contribution in [2.75, 3.05) is 0 Å². The van der Waals surface area contributed by atoms with E-state index in [-0.39, 0.29) is 6.17 Å². The molecule has 3 N–H and O–H groups in total. The van der Waals surface area contributed by atoms with Crippen molar-refractivity contribution in [1.29, 1.82) is 0 Å². The molecule has 0 saturated carbocycles. The van der Waals surface area contributed by atoms with E-state index in [1.165, 1.54) is 5.01 Å². The molecule has 4 heteroatoms. The number of hydrogen-bond donors (Lipinski definition) is 2. The van der Waals surface area contributed by atoms with E-state index in [2.05, 4.69) is 10.5 Å². The molecule has 0 radical (unpaired) electrons. The van der Waals surface area contributed by atoms with Crippen molar-refractivity contribution in [3.63, 3.8) is 0 Å². The molecule has 1 unspecified atom stereocenters. The molecule has 4 nitrogen and oxygen atoms in total. The fourth-order valence-corrected chi connectivity index (χ4v) is 0.375. The van der Waals surface area contributed by atoms with Gasteiger partial charge in [0.2, 0.25) is 0 Å². The average molecular weight is 100 g/mol. The fraction of sp³-hybridized carbons (Fsp3) is 0.667. The van der Waals surface area contributed by atoms with Crippen LogP contribution in [0.2, 0.25) is 0 Å². The second-order valence-electron chi connectivity index (χ2n) is 1.50. The topological polar surface area (TPSA) is 53.7 Å². The van der Waals surface area contributed by atoms with Crippen LogP contribution in [0, 0.1) is 0 Å². The van der Waals surface area contributed by atoms with Crippen molar-refractivity contribution in [3.8, 4) is 0 Å². The summed E-state index contributed by atoms with van der Waals surface area (Å²) in [6, 6.07) is 0. The van der Waals surface area contributed by atoms with Crippen molar-refractivity contribution in [1.82, 2.24) is 10.4 Å². The first-order valence-electron chi connectivity index (χ1n) is 2.12. The summed E-state index contributed by atoms with van der Waals surface area (Å²) in [6.07, 6.45) is 1.70. The largest absolute Gasteiger partial charge is 0.285 e. The van der Waals surface area contributed by atoms with E-state index in [1.807, 2.05) is 6.92 Å². The Morgan fingerprint density at radius 1 is 2.00 bits per heavy atom. The van der Waals surface area contributed by atoms with Crippen LogP contribution in [0.3, 0.4) is 0 Å². The first-order valence-corrected chi connectivity index (χ1v) is 2.12. The maximum absolute atomic E-state index is 5.30.